The summed E-state index contributed by atoms with van der Waals surface area (Å²) in [7, 11) is 1.66. The minimum Gasteiger partial charge on any atom is -0.497 e. The van der Waals surface area contributed by atoms with Crippen molar-refractivity contribution in [2.75, 3.05) is 26.8 Å². The van der Waals surface area contributed by atoms with E-state index in [9.17, 15) is 5.11 Å². The Hall–Kier alpha value is -1.10. The van der Waals surface area contributed by atoms with Crippen LogP contribution >= 0.6 is 0 Å². The lowest BCUT2D eigenvalue weighted by Gasteiger charge is -2.34. The van der Waals surface area contributed by atoms with E-state index in [2.05, 4.69) is 11.8 Å². The molecule has 0 unspecified atom stereocenters. The van der Waals surface area contributed by atoms with Crippen molar-refractivity contribution < 1.29 is 14.6 Å². The van der Waals surface area contributed by atoms with Crippen LogP contribution < -0.4 is 4.74 Å². The minimum absolute atomic E-state index is 0.384. The summed E-state index contributed by atoms with van der Waals surface area (Å²) in [6, 6.07) is 8.48. The van der Waals surface area contributed by atoms with Gasteiger partial charge in [0.2, 0.25) is 0 Å². The van der Waals surface area contributed by atoms with Gasteiger partial charge >= 0.3 is 0 Å². The normalized spacial score (nSPS) is 17.4. The van der Waals surface area contributed by atoms with E-state index in [0.29, 0.717) is 25.8 Å². The molecule has 2 rings (SSSR count). The molecular formula is C19H31NO3. The lowest BCUT2D eigenvalue weighted by Crippen LogP contribution is -2.42. The molecule has 0 heterocycles. The lowest BCUT2D eigenvalue weighted by atomic mass is 9.94. The third-order valence-electron chi connectivity index (χ3n) is 4.68. The molecule has 1 aliphatic rings. The van der Waals surface area contributed by atoms with Crippen LogP contribution in [0.3, 0.4) is 0 Å². The highest BCUT2D eigenvalue weighted by molar-refractivity contribution is 5.26. The molecule has 0 saturated heterocycles. The molecule has 1 N–H and O–H groups in total. The average Bonchev–Trinajstić information content (AvgIpc) is 2.61. The number of aliphatic hydroxyl groups excluding tert-OH is 1. The Morgan fingerprint density at radius 2 is 1.87 bits per heavy atom. The summed E-state index contributed by atoms with van der Waals surface area (Å²) in [5.74, 6) is 0.847. The Kier molecular flexibility index (Phi) is 7.86. The lowest BCUT2D eigenvalue weighted by molar-refractivity contribution is 0.0000406. The maximum Gasteiger partial charge on any atom is 0.118 e. The number of likely N-dealkylation sites (N-methyl/N-ethyl adjacent to an activating group) is 1. The van der Waals surface area contributed by atoms with Crippen LogP contribution in [-0.4, -0.2) is 49.0 Å². The van der Waals surface area contributed by atoms with E-state index in [1.54, 1.807) is 7.11 Å². The number of ether oxygens (including phenoxy) is 2. The van der Waals surface area contributed by atoms with Crippen LogP contribution in [0.25, 0.3) is 0 Å². The number of hydrogen-bond acceptors (Lipinski definition) is 4. The standard InChI is InChI=1S/C19H31NO3/c1-3-20(17-7-5-4-6-8-17)13-18(21)15-23-14-16-9-11-19(22-2)12-10-16/h9-12,17-18,21H,3-8,13-15H2,1-2H3/t18-/m0/s1. The quantitative estimate of drug-likeness (QED) is 0.758. The van der Waals surface area contributed by atoms with Crippen molar-refractivity contribution in [2.24, 2.45) is 0 Å². The Balaban J connectivity index is 1.69. The fraction of sp³-hybridized carbons (Fsp3) is 0.684. The molecule has 0 aliphatic heterocycles. The zero-order valence-corrected chi connectivity index (χ0v) is 14.5. The average molecular weight is 321 g/mol. The van der Waals surface area contributed by atoms with E-state index in [0.717, 1.165) is 17.9 Å². The molecule has 0 spiro atoms. The second-order valence-electron chi connectivity index (χ2n) is 6.40. The van der Waals surface area contributed by atoms with Crippen molar-refractivity contribution in [2.45, 2.75) is 57.8 Å². The number of aliphatic hydroxyl groups is 1. The smallest absolute Gasteiger partial charge is 0.118 e. The molecule has 1 aromatic carbocycles. The maximum absolute atomic E-state index is 10.3. The first-order chi connectivity index (χ1) is 11.2. The highest BCUT2D eigenvalue weighted by Gasteiger charge is 2.21. The van der Waals surface area contributed by atoms with Crippen LogP contribution in [0.1, 0.15) is 44.6 Å². The zero-order valence-electron chi connectivity index (χ0n) is 14.5. The Bertz CT molecular complexity index is 429. The largest absolute Gasteiger partial charge is 0.497 e. The summed E-state index contributed by atoms with van der Waals surface area (Å²) in [4.78, 5) is 2.42. The maximum atomic E-state index is 10.3. The number of hydrogen-bond donors (Lipinski definition) is 1. The number of rotatable bonds is 9. The summed E-state index contributed by atoms with van der Waals surface area (Å²) in [5.41, 5.74) is 1.10. The van der Waals surface area contributed by atoms with Gasteiger partial charge in [0.1, 0.15) is 5.75 Å². The van der Waals surface area contributed by atoms with Gasteiger partial charge in [-0.05, 0) is 37.1 Å². The first kappa shape index (κ1) is 18.2. The van der Waals surface area contributed by atoms with Crippen molar-refractivity contribution in [3.05, 3.63) is 29.8 Å². The summed E-state index contributed by atoms with van der Waals surface area (Å²) in [5, 5.41) is 10.3. The first-order valence-corrected chi connectivity index (χ1v) is 8.85. The van der Waals surface area contributed by atoms with Crippen LogP contribution in [0.15, 0.2) is 24.3 Å². The van der Waals surface area contributed by atoms with Crippen LogP contribution in [0.4, 0.5) is 0 Å². The molecule has 1 saturated carbocycles. The van der Waals surface area contributed by atoms with E-state index >= 15 is 0 Å². The van der Waals surface area contributed by atoms with E-state index in [1.165, 1.54) is 32.1 Å². The highest BCUT2D eigenvalue weighted by atomic mass is 16.5. The fourth-order valence-corrected chi connectivity index (χ4v) is 3.34. The van der Waals surface area contributed by atoms with Gasteiger partial charge < -0.3 is 14.6 Å². The van der Waals surface area contributed by atoms with Crippen molar-refractivity contribution in [3.63, 3.8) is 0 Å². The Morgan fingerprint density at radius 3 is 2.48 bits per heavy atom. The third kappa shape index (κ3) is 6.13. The third-order valence-corrected chi connectivity index (χ3v) is 4.68. The number of nitrogens with zero attached hydrogens (tertiary/aromatic N) is 1. The van der Waals surface area contributed by atoms with Crippen LogP contribution in [0.2, 0.25) is 0 Å². The van der Waals surface area contributed by atoms with E-state index in [4.69, 9.17) is 9.47 Å². The van der Waals surface area contributed by atoms with Gasteiger partial charge in [0.15, 0.2) is 0 Å². The van der Waals surface area contributed by atoms with Gasteiger partial charge in [0, 0.05) is 12.6 Å². The van der Waals surface area contributed by atoms with E-state index in [-0.39, 0.29) is 0 Å². The van der Waals surface area contributed by atoms with Crippen molar-refractivity contribution >= 4 is 0 Å². The van der Waals surface area contributed by atoms with Gasteiger partial charge in [-0.1, -0.05) is 38.3 Å². The van der Waals surface area contributed by atoms with E-state index < -0.39 is 6.10 Å². The summed E-state index contributed by atoms with van der Waals surface area (Å²) in [6.45, 7) is 4.80. The molecule has 4 nitrogen and oxygen atoms in total. The Morgan fingerprint density at radius 1 is 1.17 bits per heavy atom. The van der Waals surface area contributed by atoms with Gasteiger partial charge in [0.25, 0.3) is 0 Å². The molecule has 1 aromatic rings. The predicted molar refractivity (Wildman–Crippen MR) is 92.8 cm³/mol. The first-order valence-electron chi connectivity index (χ1n) is 8.85. The second-order valence-corrected chi connectivity index (χ2v) is 6.40. The SMILES string of the molecule is CCN(C[C@H](O)COCc1ccc(OC)cc1)C1CCCCC1. The molecule has 0 aromatic heterocycles. The molecule has 0 radical (unpaired) electrons. The number of benzene rings is 1. The van der Waals surface area contributed by atoms with Crippen LogP contribution in [0.5, 0.6) is 5.75 Å². The highest BCUT2D eigenvalue weighted by Crippen LogP contribution is 2.22. The summed E-state index contributed by atoms with van der Waals surface area (Å²) in [6.07, 6.45) is 6.13. The van der Waals surface area contributed by atoms with Gasteiger partial charge in [-0.25, -0.2) is 0 Å². The van der Waals surface area contributed by atoms with Gasteiger partial charge in [-0.3, -0.25) is 4.90 Å². The zero-order chi connectivity index (χ0) is 16.5. The Labute approximate surface area is 140 Å². The summed E-state index contributed by atoms with van der Waals surface area (Å²) >= 11 is 0. The molecule has 1 aliphatic carbocycles. The van der Waals surface area contributed by atoms with Crippen molar-refractivity contribution in [1.29, 1.82) is 0 Å². The van der Waals surface area contributed by atoms with Gasteiger partial charge in [-0.15, -0.1) is 0 Å². The molecule has 1 atom stereocenters. The monoisotopic (exact) mass is 321 g/mol. The van der Waals surface area contributed by atoms with Crippen LogP contribution in [-0.2, 0) is 11.3 Å². The minimum atomic E-state index is -0.421. The molecule has 4 heteroatoms. The topological polar surface area (TPSA) is 41.9 Å². The number of methoxy groups -OCH3 is 1. The van der Waals surface area contributed by atoms with Crippen molar-refractivity contribution in [3.8, 4) is 5.75 Å². The van der Waals surface area contributed by atoms with Crippen molar-refractivity contribution in [1.82, 2.24) is 4.90 Å². The molecular weight excluding hydrogens is 290 g/mol. The summed E-state index contributed by atoms with van der Waals surface area (Å²) < 4.78 is 10.8. The van der Waals surface area contributed by atoms with Gasteiger partial charge in [0.05, 0.1) is 26.4 Å². The van der Waals surface area contributed by atoms with Gasteiger partial charge in [-0.2, -0.15) is 0 Å². The molecule has 0 amide bonds. The van der Waals surface area contributed by atoms with Crippen LogP contribution in [0, 0.1) is 0 Å². The molecule has 0 bridgehead atoms. The van der Waals surface area contributed by atoms with E-state index in [1.807, 2.05) is 24.3 Å². The molecule has 23 heavy (non-hydrogen) atoms. The molecule has 130 valence electrons. The predicted octanol–water partition coefficient (Wildman–Crippen LogP) is 3.23. The second kappa shape index (κ2) is 9.91. The molecule has 1 fully saturated rings. The fourth-order valence-electron chi connectivity index (χ4n) is 3.34.